The number of aryl methyl sites for hydroxylation is 1. The normalized spacial score (nSPS) is 16.4. The van der Waals surface area contributed by atoms with E-state index in [1.165, 1.54) is 0 Å². The van der Waals surface area contributed by atoms with Crippen LogP contribution in [0, 0.1) is 6.92 Å². The van der Waals surface area contributed by atoms with E-state index in [1.54, 1.807) is 44.2 Å². The molecule has 0 saturated carbocycles. The zero-order valence-corrected chi connectivity index (χ0v) is 15.2. The van der Waals surface area contributed by atoms with Gasteiger partial charge >= 0.3 is 0 Å². The zero-order valence-electron chi connectivity index (χ0n) is 15.2. The first-order chi connectivity index (χ1) is 12.5. The maximum atomic E-state index is 12.6. The van der Waals surface area contributed by atoms with E-state index in [9.17, 15) is 9.59 Å². The van der Waals surface area contributed by atoms with Crippen LogP contribution in [0.1, 0.15) is 41.1 Å². The van der Waals surface area contributed by atoms with E-state index >= 15 is 0 Å². The number of para-hydroxylation sites is 2. The van der Waals surface area contributed by atoms with Crippen LogP contribution < -0.4 is 10.1 Å². The Kier molecular flexibility index (Phi) is 5.16. The van der Waals surface area contributed by atoms with E-state index in [0.717, 1.165) is 13.0 Å². The molecule has 2 aromatic rings. The van der Waals surface area contributed by atoms with Gasteiger partial charge in [0, 0.05) is 32.1 Å². The zero-order chi connectivity index (χ0) is 18.7. The van der Waals surface area contributed by atoms with Gasteiger partial charge in [-0.2, -0.15) is 0 Å². The molecule has 1 aromatic carbocycles. The number of rotatable bonds is 4. The highest BCUT2D eigenvalue weighted by atomic mass is 16.5. The average Bonchev–Trinajstić information content (AvgIpc) is 3.12. The number of benzene rings is 1. The summed E-state index contributed by atoms with van der Waals surface area (Å²) >= 11 is 0. The van der Waals surface area contributed by atoms with E-state index in [2.05, 4.69) is 15.3 Å². The Bertz CT molecular complexity index is 837. The summed E-state index contributed by atoms with van der Waals surface area (Å²) in [4.78, 5) is 34.7. The van der Waals surface area contributed by atoms with Crippen molar-refractivity contribution in [2.45, 2.75) is 26.2 Å². The van der Waals surface area contributed by atoms with Crippen LogP contribution in [0.15, 0.2) is 30.5 Å². The number of nitrogens with one attached hydrogen (secondary N) is 1. The van der Waals surface area contributed by atoms with Gasteiger partial charge in [-0.15, -0.1) is 0 Å². The predicted octanol–water partition coefficient (Wildman–Crippen LogP) is 2.38. The number of methoxy groups -OCH3 is 1. The topological polar surface area (TPSA) is 84.4 Å². The molecule has 3 rings (SSSR count). The molecule has 26 heavy (non-hydrogen) atoms. The van der Waals surface area contributed by atoms with Crippen LogP contribution in [0.3, 0.4) is 0 Å². The highest BCUT2D eigenvalue weighted by molar-refractivity contribution is 6.05. The third-order valence-corrected chi connectivity index (χ3v) is 4.60. The van der Waals surface area contributed by atoms with Crippen molar-refractivity contribution >= 4 is 17.5 Å². The van der Waals surface area contributed by atoms with Gasteiger partial charge in [0.1, 0.15) is 11.6 Å². The maximum Gasteiger partial charge on any atom is 0.259 e. The van der Waals surface area contributed by atoms with Gasteiger partial charge in [0.2, 0.25) is 5.91 Å². The molecule has 1 aromatic heterocycles. The maximum absolute atomic E-state index is 12.6. The summed E-state index contributed by atoms with van der Waals surface area (Å²) in [5, 5.41) is 2.83. The van der Waals surface area contributed by atoms with Crippen molar-refractivity contribution < 1.29 is 14.3 Å². The Balaban J connectivity index is 1.75. The minimum Gasteiger partial charge on any atom is -0.495 e. The van der Waals surface area contributed by atoms with Crippen molar-refractivity contribution in [1.82, 2.24) is 14.9 Å². The number of carbonyl (C=O) groups excluding carboxylic acids is 2. The standard InChI is InChI=1S/C19H22N4O3/c1-12-15(19(25)22-16-6-4-5-7-17(16)26-3)10-20-18(21-12)14-8-9-23(11-14)13(2)24/h4-7,10,14H,8-9,11H2,1-3H3,(H,22,25). The van der Waals surface area contributed by atoms with Crippen molar-refractivity contribution in [2.24, 2.45) is 0 Å². The quantitative estimate of drug-likeness (QED) is 0.911. The smallest absolute Gasteiger partial charge is 0.259 e. The van der Waals surface area contributed by atoms with Gasteiger partial charge in [-0.1, -0.05) is 12.1 Å². The van der Waals surface area contributed by atoms with E-state index in [0.29, 0.717) is 35.1 Å². The minimum atomic E-state index is -0.282. The predicted molar refractivity (Wildman–Crippen MR) is 97.3 cm³/mol. The summed E-state index contributed by atoms with van der Waals surface area (Å²) in [6.07, 6.45) is 2.39. The van der Waals surface area contributed by atoms with Gasteiger partial charge in [-0.3, -0.25) is 9.59 Å². The lowest BCUT2D eigenvalue weighted by Gasteiger charge is -2.14. The molecule has 0 spiro atoms. The monoisotopic (exact) mass is 354 g/mol. The van der Waals surface area contributed by atoms with Gasteiger partial charge in [0.15, 0.2) is 0 Å². The van der Waals surface area contributed by atoms with Crippen LogP contribution in [0.25, 0.3) is 0 Å². The molecular weight excluding hydrogens is 332 g/mol. The molecule has 7 nitrogen and oxygen atoms in total. The Hall–Kier alpha value is -2.96. The summed E-state index contributed by atoms with van der Waals surface area (Å²) in [5.74, 6) is 1.17. The largest absolute Gasteiger partial charge is 0.495 e. The number of aromatic nitrogens is 2. The second-order valence-corrected chi connectivity index (χ2v) is 6.33. The fraction of sp³-hybridized carbons (Fsp3) is 0.368. The summed E-state index contributed by atoms with van der Waals surface area (Å²) < 4.78 is 5.25. The molecule has 136 valence electrons. The third-order valence-electron chi connectivity index (χ3n) is 4.60. The second kappa shape index (κ2) is 7.51. The number of hydrogen-bond donors (Lipinski definition) is 1. The highest BCUT2D eigenvalue weighted by Gasteiger charge is 2.28. The lowest BCUT2D eigenvalue weighted by molar-refractivity contribution is -0.127. The SMILES string of the molecule is COc1ccccc1NC(=O)c1cnc(C2CCN(C(C)=O)C2)nc1C. The van der Waals surface area contributed by atoms with E-state index in [1.807, 2.05) is 12.1 Å². The molecule has 7 heteroatoms. The number of nitrogens with zero attached hydrogens (tertiary/aromatic N) is 3. The Labute approximate surface area is 152 Å². The van der Waals surface area contributed by atoms with E-state index in [-0.39, 0.29) is 17.7 Å². The summed E-state index contributed by atoms with van der Waals surface area (Å²) in [5.41, 5.74) is 1.63. The lowest BCUT2D eigenvalue weighted by atomic mass is 10.1. The molecule has 0 bridgehead atoms. The summed E-state index contributed by atoms with van der Waals surface area (Å²) in [6, 6.07) is 7.22. The number of amides is 2. The van der Waals surface area contributed by atoms with Crippen molar-refractivity contribution in [3.8, 4) is 5.75 Å². The number of likely N-dealkylation sites (tertiary alicyclic amines) is 1. The van der Waals surface area contributed by atoms with Crippen LogP contribution in [0.2, 0.25) is 0 Å². The van der Waals surface area contributed by atoms with Gasteiger partial charge in [-0.25, -0.2) is 9.97 Å². The van der Waals surface area contributed by atoms with Gasteiger partial charge in [-0.05, 0) is 25.5 Å². The van der Waals surface area contributed by atoms with Crippen LogP contribution in [0.4, 0.5) is 5.69 Å². The third kappa shape index (κ3) is 3.66. The second-order valence-electron chi connectivity index (χ2n) is 6.33. The van der Waals surface area contributed by atoms with Gasteiger partial charge in [0.05, 0.1) is 24.1 Å². The Morgan fingerprint density at radius 1 is 1.31 bits per heavy atom. The molecule has 1 fully saturated rings. The first-order valence-electron chi connectivity index (χ1n) is 8.53. The molecule has 1 atom stereocenters. The molecule has 1 aliphatic rings. The molecule has 0 aliphatic carbocycles. The average molecular weight is 354 g/mol. The molecule has 1 unspecified atom stereocenters. The number of anilines is 1. The van der Waals surface area contributed by atoms with Crippen molar-refractivity contribution in [1.29, 1.82) is 0 Å². The minimum absolute atomic E-state index is 0.0667. The van der Waals surface area contributed by atoms with Crippen molar-refractivity contribution in [3.63, 3.8) is 0 Å². The van der Waals surface area contributed by atoms with Gasteiger partial charge in [0.25, 0.3) is 5.91 Å². The molecule has 2 amide bonds. The highest BCUT2D eigenvalue weighted by Crippen LogP contribution is 2.26. The first-order valence-corrected chi connectivity index (χ1v) is 8.53. The van der Waals surface area contributed by atoms with Crippen molar-refractivity contribution in [2.75, 3.05) is 25.5 Å². The van der Waals surface area contributed by atoms with Crippen LogP contribution in [0.5, 0.6) is 5.75 Å². The molecule has 1 aliphatic heterocycles. The Morgan fingerprint density at radius 2 is 2.08 bits per heavy atom. The Morgan fingerprint density at radius 3 is 2.73 bits per heavy atom. The first kappa shape index (κ1) is 17.8. The number of ether oxygens (including phenoxy) is 1. The molecule has 1 N–H and O–H groups in total. The molecule has 2 heterocycles. The van der Waals surface area contributed by atoms with E-state index < -0.39 is 0 Å². The fourth-order valence-electron chi connectivity index (χ4n) is 3.10. The van der Waals surface area contributed by atoms with Gasteiger partial charge < -0.3 is 15.0 Å². The van der Waals surface area contributed by atoms with Crippen LogP contribution in [-0.2, 0) is 4.79 Å². The molecular formula is C19H22N4O3. The summed E-state index contributed by atoms with van der Waals surface area (Å²) in [6.45, 7) is 4.71. The lowest BCUT2D eigenvalue weighted by Crippen LogP contribution is -2.25. The molecule has 0 radical (unpaired) electrons. The number of carbonyl (C=O) groups is 2. The number of hydrogen-bond acceptors (Lipinski definition) is 5. The van der Waals surface area contributed by atoms with Crippen molar-refractivity contribution in [3.05, 3.63) is 47.5 Å². The van der Waals surface area contributed by atoms with E-state index in [4.69, 9.17) is 4.74 Å². The summed E-state index contributed by atoms with van der Waals surface area (Å²) in [7, 11) is 1.56. The van der Waals surface area contributed by atoms with Crippen LogP contribution in [-0.4, -0.2) is 46.9 Å². The molecule has 1 saturated heterocycles. The van der Waals surface area contributed by atoms with Crippen LogP contribution >= 0.6 is 0 Å². The fourth-order valence-corrected chi connectivity index (χ4v) is 3.10.